The van der Waals surface area contributed by atoms with Crippen LogP contribution in [0.15, 0.2) is 47.6 Å². The van der Waals surface area contributed by atoms with Crippen LogP contribution in [0, 0.1) is 0 Å². The van der Waals surface area contributed by atoms with Crippen molar-refractivity contribution in [3.63, 3.8) is 0 Å². The van der Waals surface area contributed by atoms with Crippen molar-refractivity contribution in [3.8, 4) is 0 Å². The number of nitrogens with zero attached hydrogens (tertiary/aromatic N) is 1. The topological polar surface area (TPSA) is 59.1 Å². The molecule has 1 heterocycles. The highest BCUT2D eigenvalue weighted by Crippen LogP contribution is 2.24. The fraction of sp³-hybridized carbons (Fsp3) is 0.267. The highest BCUT2D eigenvalue weighted by molar-refractivity contribution is 7.90. The molecule has 0 radical (unpaired) electrons. The number of nitrogens with one attached hydrogen (secondary N) is 1. The zero-order valence-corrected chi connectivity index (χ0v) is 13.4. The largest absolute Gasteiger partial charge is 0.306 e. The average Bonchev–Trinajstić information content (AvgIpc) is 2.45. The lowest BCUT2D eigenvalue weighted by molar-refractivity contribution is 0.564. The van der Waals surface area contributed by atoms with E-state index in [1.165, 1.54) is 6.26 Å². The van der Waals surface area contributed by atoms with Crippen molar-refractivity contribution in [3.05, 3.63) is 58.9 Å². The SMILES string of the molecule is C[C@H](NCc1c(Cl)cccc1S(C)(=O)=O)c1cccnc1. The molecule has 1 N–H and O–H groups in total. The number of rotatable bonds is 5. The minimum atomic E-state index is -3.31. The molecule has 0 amide bonds. The minimum absolute atomic E-state index is 0.0439. The zero-order chi connectivity index (χ0) is 15.5. The molecule has 0 aliphatic carbocycles. The molecule has 4 nitrogen and oxygen atoms in total. The highest BCUT2D eigenvalue weighted by Gasteiger charge is 2.16. The van der Waals surface area contributed by atoms with Crippen molar-refractivity contribution in [1.82, 2.24) is 10.3 Å². The van der Waals surface area contributed by atoms with Crippen LogP contribution in [0.2, 0.25) is 5.02 Å². The number of halogens is 1. The Kier molecular flexibility index (Phi) is 4.98. The number of aromatic nitrogens is 1. The van der Waals surface area contributed by atoms with Crippen molar-refractivity contribution in [2.75, 3.05) is 6.26 Å². The Morgan fingerprint density at radius 2 is 2.05 bits per heavy atom. The highest BCUT2D eigenvalue weighted by atomic mass is 35.5. The first-order valence-electron chi connectivity index (χ1n) is 6.50. The van der Waals surface area contributed by atoms with Crippen LogP contribution in [0.25, 0.3) is 0 Å². The molecule has 112 valence electrons. The quantitative estimate of drug-likeness (QED) is 0.918. The first-order chi connectivity index (χ1) is 9.89. The van der Waals surface area contributed by atoms with Crippen molar-refractivity contribution in [1.29, 1.82) is 0 Å². The molecule has 0 bridgehead atoms. The van der Waals surface area contributed by atoms with Crippen LogP contribution in [-0.4, -0.2) is 19.7 Å². The number of hydrogen-bond donors (Lipinski definition) is 1. The second-order valence-corrected chi connectivity index (χ2v) is 7.27. The Hall–Kier alpha value is -1.43. The van der Waals surface area contributed by atoms with E-state index in [1.54, 1.807) is 30.6 Å². The Bertz CT molecular complexity index is 718. The second kappa shape index (κ2) is 6.56. The molecule has 0 spiro atoms. The fourth-order valence-electron chi connectivity index (χ4n) is 2.06. The number of sulfone groups is 1. The summed E-state index contributed by atoms with van der Waals surface area (Å²) >= 11 is 6.15. The van der Waals surface area contributed by atoms with Gasteiger partial charge in [0.2, 0.25) is 0 Å². The fourth-order valence-corrected chi connectivity index (χ4v) is 3.32. The van der Waals surface area contributed by atoms with Crippen LogP contribution < -0.4 is 5.32 Å². The van der Waals surface area contributed by atoms with Gasteiger partial charge in [0.1, 0.15) is 0 Å². The van der Waals surface area contributed by atoms with Crippen LogP contribution in [0.5, 0.6) is 0 Å². The van der Waals surface area contributed by atoms with E-state index in [0.29, 0.717) is 17.1 Å². The number of hydrogen-bond acceptors (Lipinski definition) is 4. The summed E-state index contributed by atoms with van der Waals surface area (Å²) in [6, 6.07) is 8.80. The van der Waals surface area contributed by atoms with E-state index in [0.717, 1.165) is 5.56 Å². The predicted molar refractivity (Wildman–Crippen MR) is 84.1 cm³/mol. The molecule has 0 fully saturated rings. The molecule has 1 atom stereocenters. The summed E-state index contributed by atoms with van der Waals surface area (Å²) in [5.41, 5.74) is 1.63. The van der Waals surface area contributed by atoms with Gasteiger partial charge in [-0.25, -0.2) is 8.42 Å². The molecule has 1 aromatic carbocycles. The smallest absolute Gasteiger partial charge is 0.175 e. The maximum atomic E-state index is 11.8. The molecular weight excluding hydrogens is 308 g/mol. The third kappa shape index (κ3) is 4.03. The number of pyridine rings is 1. The normalized spacial score (nSPS) is 13.1. The predicted octanol–water partition coefficient (Wildman–Crippen LogP) is 2.99. The van der Waals surface area contributed by atoms with Gasteiger partial charge in [0.15, 0.2) is 9.84 Å². The molecule has 0 saturated carbocycles. The summed E-state index contributed by atoms with van der Waals surface area (Å²) in [5, 5.41) is 3.73. The Morgan fingerprint density at radius 1 is 1.29 bits per heavy atom. The van der Waals surface area contributed by atoms with E-state index < -0.39 is 9.84 Å². The first kappa shape index (κ1) is 15.9. The molecule has 2 aromatic rings. The van der Waals surface area contributed by atoms with Gasteiger partial charge in [-0.1, -0.05) is 23.7 Å². The lowest BCUT2D eigenvalue weighted by atomic mass is 10.1. The van der Waals surface area contributed by atoms with Gasteiger partial charge in [0.05, 0.1) is 4.90 Å². The van der Waals surface area contributed by atoms with E-state index in [1.807, 2.05) is 19.1 Å². The van der Waals surface area contributed by atoms with Crippen LogP contribution in [-0.2, 0) is 16.4 Å². The summed E-state index contributed by atoms with van der Waals surface area (Å²) in [6.45, 7) is 2.37. The van der Waals surface area contributed by atoms with E-state index in [4.69, 9.17) is 11.6 Å². The van der Waals surface area contributed by atoms with Gasteiger partial charge in [-0.3, -0.25) is 4.98 Å². The van der Waals surface area contributed by atoms with Crippen LogP contribution in [0.1, 0.15) is 24.1 Å². The van der Waals surface area contributed by atoms with Crippen molar-refractivity contribution >= 4 is 21.4 Å². The maximum absolute atomic E-state index is 11.8. The van der Waals surface area contributed by atoms with Crippen LogP contribution in [0.3, 0.4) is 0 Å². The molecule has 2 rings (SSSR count). The third-order valence-corrected chi connectivity index (χ3v) is 4.78. The monoisotopic (exact) mass is 324 g/mol. The summed E-state index contributed by atoms with van der Waals surface area (Å²) in [6.07, 6.45) is 4.68. The Balaban J connectivity index is 2.21. The summed E-state index contributed by atoms with van der Waals surface area (Å²) < 4.78 is 23.6. The zero-order valence-electron chi connectivity index (χ0n) is 11.9. The molecule has 0 aliphatic rings. The second-order valence-electron chi connectivity index (χ2n) is 4.88. The van der Waals surface area contributed by atoms with Gasteiger partial charge in [0.25, 0.3) is 0 Å². The van der Waals surface area contributed by atoms with Crippen molar-refractivity contribution in [2.24, 2.45) is 0 Å². The van der Waals surface area contributed by atoms with Crippen molar-refractivity contribution in [2.45, 2.75) is 24.4 Å². The Morgan fingerprint density at radius 3 is 2.67 bits per heavy atom. The maximum Gasteiger partial charge on any atom is 0.175 e. The van der Waals surface area contributed by atoms with Gasteiger partial charge >= 0.3 is 0 Å². The molecule has 21 heavy (non-hydrogen) atoms. The Labute approximate surface area is 130 Å². The molecule has 1 aromatic heterocycles. The van der Waals surface area contributed by atoms with Crippen molar-refractivity contribution < 1.29 is 8.42 Å². The van der Waals surface area contributed by atoms with Crippen LogP contribution >= 0.6 is 11.6 Å². The lowest BCUT2D eigenvalue weighted by Crippen LogP contribution is -2.20. The standard InChI is InChI=1S/C15H17ClN2O2S/c1-11(12-5-4-8-17-9-12)18-10-13-14(16)6-3-7-15(13)21(2,19)20/h3-9,11,18H,10H2,1-2H3/t11-/m0/s1. The molecule has 0 aliphatic heterocycles. The van der Waals surface area contributed by atoms with Crippen LogP contribution in [0.4, 0.5) is 0 Å². The number of benzene rings is 1. The van der Waals surface area contributed by atoms with Gasteiger partial charge in [-0.2, -0.15) is 0 Å². The van der Waals surface area contributed by atoms with E-state index in [2.05, 4.69) is 10.3 Å². The average molecular weight is 325 g/mol. The first-order valence-corrected chi connectivity index (χ1v) is 8.77. The van der Waals surface area contributed by atoms with Gasteiger partial charge in [-0.15, -0.1) is 0 Å². The van der Waals surface area contributed by atoms with E-state index in [-0.39, 0.29) is 10.9 Å². The summed E-state index contributed by atoms with van der Waals surface area (Å²) in [4.78, 5) is 4.34. The minimum Gasteiger partial charge on any atom is -0.306 e. The summed E-state index contributed by atoms with van der Waals surface area (Å²) in [7, 11) is -3.31. The molecule has 6 heteroatoms. The third-order valence-electron chi connectivity index (χ3n) is 3.24. The van der Waals surface area contributed by atoms with E-state index in [9.17, 15) is 8.42 Å². The molecule has 0 unspecified atom stereocenters. The molecule has 0 saturated heterocycles. The molecular formula is C15H17ClN2O2S. The van der Waals surface area contributed by atoms with Gasteiger partial charge in [-0.05, 0) is 30.7 Å². The van der Waals surface area contributed by atoms with E-state index >= 15 is 0 Å². The van der Waals surface area contributed by atoms with Gasteiger partial charge < -0.3 is 5.32 Å². The van der Waals surface area contributed by atoms with Gasteiger partial charge in [0, 0.05) is 41.8 Å². The lowest BCUT2D eigenvalue weighted by Gasteiger charge is -2.16. The summed E-state index contributed by atoms with van der Waals surface area (Å²) in [5.74, 6) is 0.